The molecule has 0 unspecified atom stereocenters. The van der Waals surface area contributed by atoms with Gasteiger partial charge in [0.25, 0.3) is 5.91 Å². The van der Waals surface area contributed by atoms with Gasteiger partial charge in [0.2, 0.25) is 0 Å². The number of methoxy groups -OCH3 is 2. The van der Waals surface area contributed by atoms with E-state index in [-0.39, 0.29) is 12.0 Å². The zero-order chi connectivity index (χ0) is 21.1. The number of aromatic nitrogens is 2. The predicted molar refractivity (Wildman–Crippen MR) is 111 cm³/mol. The van der Waals surface area contributed by atoms with Crippen molar-refractivity contribution >= 4 is 11.7 Å². The molecule has 156 valence electrons. The third kappa shape index (κ3) is 7.95. The molecule has 0 saturated carbocycles. The van der Waals surface area contributed by atoms with Crippen molar-refractivity contribution in [2.75, 3.05) is 45.8 Å². The van der Waals surface area contributed by atoms with Gasteiger partial charge in [-0.15, -0.1) is 0 Å². The van der Waals surface area contributed by atoms with E-state index in [0.29, 0.717) is 42.5 Å². The van der Waals surface area contributed by atoms with E-state index in [0.717, 1.165) is 6.54 Å². The molecule has 0 spiro atoms. The molecule has 8 heteroatoms. The highest BCUT2D eigenvalue weighted by atomic mass is 16.5. The van der Waals surface area contributed by atoms with Gasteiger partial charge in [-0.3, -0.25) is 9.48 Å². The van der Waals surface area contributed by atoms with E-state index in [1.165, 1.54) is 0 Å². The lowest BCUT2D eigenvalue weighted by Gasteiger charge is -2.15. The SMILES string of the molecule is COCCNCC#Cc1cc(O[C@@H](C)COC)cc(C(=O)Nc2ccn(C)n2)c1. The summed E-state index contributed by atoms with van der Waals surface area (Å²) in [5, 5.41) is 10.1. The van der Waals surface area contributed by atoms with Crippen molar-refractivity contribution in [1.82, 2.24) is 15.1 Å². The Kier molecular flexibility index (Phi) is 9.18. The maximum atomic E-state index is 12.7. The molecule has 2 N–H and O–H groups in total. The first-order chi connectivity index (χ1) is 14.0. The minimum Gasteiger partial charge on any atom is -0.488 e. The fourth-order valence-corrected chi connectivity index (χ4v) is 2.51. The van der Waals surface area contributed by atoms with E-state index in [9.17, 15) is 4.79 Å². The van der Waals surface area contributed by atoms with Crippen LogP contribution in [0.1, 0.15) is 22.8 Å². The van der Waals surface area contributed by atoms with E-state index in [1.54, 1.807) is 50.3 Å². The number of amides is 1. The number of benzene rings is 1. The summed E-state index contributed by atoms with van der Waals surface area (Å²) in [4.78, 5) is 12.7. The molecule has 0 aliphatic rings. The molecule has 29 heavy (non-hydrogen) atoms. The number of carbonyl (C=O) groups excluding carboxylic acids is 1. The van der Waals surface area contributed by atoms with Crippen LogP contribution in [0, 0.1) is 11.8 Å². The van der Waals surface area contributed by atoms with Crippen molar-refractivity contribution in [3.8, 4) is 17.6 Å². The van der Waals surface area contributed by atoms with Crippen LogP contribution in [-0.4, -0.2) is 62.3 Å². The van der Waals surface area contributed by atoms with Gasteiger partial charge < -0.3 is 24.8 Å². The Morgan fingerprint density at radius 3 is 2.79 bits per heavy atom. The number of ether oxygens (including phenoxy) is 3. The van der Waals surface area contributed by atoms with Gasteiger partial charge in [-0.05, 0) is 25.1 Å². The van der Waals surface area contributed by atoms with Crippen LogP contribution in [0.5, 0.6) is 5.75 Å². The molecular weight excluding hydrogens is 372 g/mol. The number of anilines is 1. The van der Waals surface area contributed by atoms with Crippen LogP contribution in [0.15, 0.2) is 30.5 Å². The minimum absolute atomic E-state index is 0.161. The van der Waals surface area contributed by atoms with E-state index in [2.05, 4.69) is 27.6 Å². The summed E-state index contributed by atoms with van der Waals surface area (Å²) in [7, 11) is 5.06. The normalized spacial score (nSPS) is 11.4. The second kappa shape index (κ2) is 11.9. The molecule has 2 aromatic rings. The molecule has 1 heterocycles. The molecule has 1 aromatic heterocycles. The molecule has 0 bridgehead atoms. The Labute approximate surface area is 171 Å². The lowest BCUT2D eigenvalue weighted by Crippen LogP contribution is -2.19. The van der Waals surface area contributed by atoms with Gasteiger partial charge >= 0.3 is 0 Å². The number of nitrogens with one attached hydrogen (secondary N) is 2. The minimum atomic E-state index is -0.283. The molecule has 8 nitrogen and oxygen atoms in total. The molecule has 0 radical (unpaired) electrons. The van der Waals surface area contributed by atoms with Crippen LogP contribution in [0.2, 0.25) is 0 Å². The summed E-state index contributed by atoms with van der Waals surface area (Å²) in [6.45, 7) is 4.20. The Morgan fingerprint density at radius 1 is 1.28 bits per heavy atom. The number of aryl methyl sites for hydroxylation is 1. The maximum absolute atomic E-state index is 12.7. The largest absolute Gasteiger partial charge is 0.488 e. The van der Waals surface area contributed by atoms with Gasteiger partial charge in [0, 0.05) is 51.2 Å². The Morgan fingerprint density at radius 2 is 2.10 bits per heavy atom. The monoisotopic (exact) mass is 400 g/mol. The maximum Gasteiger partial charge on any atom is 0.257 e. The van der Waals surface area contributed by atoms with Crippen molar-refractivity contribution in [2.45, 2.75) is 13.0 Å². The summed E-state index contributed by atoms with van der Waals surface area (Å²) >= 11 is 0. The van der Waals surface area contributed by atoms with E-state index < -0.39 is 0 Å². The zero-order valence-electron chi connectivity index (χ0n) is 17.3. The molecule has 1 amide bonds. The zero-order valence-corrected chi connectivity index (χ0v) is 17.3. The smallest absolute Gasteiger partial charge is 0.257 e. The summed E-state index contributed by atoms with van der Waals surface area (Å²) in [6, 6.07) is 6.96. The first-order valence-electron chi connectivity index (χ1n) is 9.32. The van der Waals surface area contributed by atoms with Crippen LogP contribution >= 0.6 is 0 Å². The van der Waals surface area contributed by atoms with Gasteiger partial charge in [-0.25, -0.2) is 0 Å². The number of carbonyl (C=O) groups is 1. The first-order valence-corrected chi connectivity index (χ1v) is 9.32. The molecule has 0 aliphatic carbocycles. The Balaban J connectivity index is 2.17. The van der Waals surface area contributed by atoms with Crippen LogP contribution in [0.4, 0.5) is 5.82 Å². The highest BCUT2D eigenvalue weighted by Gasteiger charge is 2.12. The van der Waals surface area contributed by atoms with Crippen molar-refractivity contribution < 1.29 is 19.0 Å². The Hall–Kier alpha value is -2.86. The van der Waals surface area contributed by atoms with Crippen LogP contribution in [0.3, 0.4) is 0 Å². The molecule has 1 aromatic carbocycles. The number of rotatable bonds is 10. The fraction of sp³-hybridized carbons (Fsp3) is 0.429. The third-order valence-corrected chi connectivity index (χ3v) is 3.79. The predicted octanol–water partition coefficient (Wildman–Crippen LogP) is 1.67. The Bertz CT molecular complexity index is 854. The molecule has 0 aliphatic heterocycles. The number of hydrogen-bond acceptors (Lipinski definition) is 6. The lowest BCUT2D eigenvalue weighted by atomic mass is 10.1. The molecule has 0 saturated heterocycles. The number of nitrogens with zero attached hydrogens (tertiary/aromatic N) is 2. The van der Waals surface area contributed by atoms with E-state index >= 15 is 0 Å². The number of hydrogen-bond donors (Lipinski definition) is 2. The standard InChI is InChI=1S/C21H28N4O4/c1-16(15-28-4)29-19-13-17(6-5-8-22-9-11-27-3)12-18(14-19)21(26)23-20-7-10-25(2)24-20/h7,10,12-14,16,22H,8-9,11,15H2,1-4H3,(H,23,24,26)/t16-/m0/s1. The second-order valence-electron chi connectivity index (χ2n) is 6.43. The summed E-state index contributed by atoms with van der Waals surface area (Å²) in [5.74, 6) is 6.86. The second-order valence-corrected chi connectivity index (χ2v) is 6.43. The third-order valence-electron chi connectivity index (χ3n) is 3.79. The van der Waals surface area contributed by atoms with Crippen molar-refractivity contribution in [3.05, 3.63) is 41.6 Å². The van der Waals surface area contributed by atoms with E-state index in [4.69, 9.17) is 14.2 Å². The average molecular weight is 400 g/mol. The van der Waals surface area contributed by atoms with Gasteiger partial charge in [0.15, 0.2) is 5.82 Å². The highest BCUT2D eigenvalue weighted by molar-refractivity contribution is 6.04. The van der Waals surface area contributed by atoms with Crippen LogP contribution in [0.25, 0.3) is 0 Å². The summed E-state index contributed by atoms with van der Waals surface area (Å²) in [5.41, 5.74) is 1.13. The van der Waals surface area contributed by atoms with Gasteiger partial charge in [-0.2, -0.15) is 5.10 Å². The molecular formula is C21H28N4O4. The quantitative estimate of drug-likeness (QED) is 0.466. The molecule has 1 atom stereocenters. The van der Waals surface area contributed by atoms with E-state index in [1.807, 2.05) is 13.0 Å². The van der Waals surface area contributed by atoms with Gasteiger partial charge in [0.05, 0.1) is 19.8 Å². The van der Waals surface area contributed by atoms with Crippen molar-refractivity contribution in [2.24, 2.45) is 7.05 Å². The van der Waals surface area contributed by atoms with Crippen molar-refractivity contribution in [3.63, 3.8) is 0 Å². The first kappa shape index (κ1) is 22.4. The van der Waals surface area contributed by atoms with Gasteiger partial charge in [-0.1, -0.05) is 11.8 Å². The summed E-state index contributed by atoms with van der Waals surface area (Å²) < 4.78 is 17.6. The molecule has 2 rings (SSSR count). The lowest BCUT2D eigenvalue weighted by molar-refractivity contribution is 0.0917. The topological polar surface area (TPSA) is 86.6 Å². The molecule has 0 fully saturated rings. The summed E-state index contributed by atoms with van der Waals surface area (Å²) in [6.07, 6.45) is 1.60. The van der Waals surface area contributed by atoms with Crippen LogP contribution in [-0.2, 0) is 16.5 Å². The average Bonchev–Trinajstić information content (AvgIpc) is 3.09. The van der Waals surface area contributed by atoms with Gasteiger partial charge in [0.1, 0.15) is 11.9 Å². The van der Waals surface area contributed by atoms with Crippen LogP contribution < -0.4 is 15.4 Å². The fourth-order valence-electron chi connectivity index (χ4n) is 2.51. The highest BCUT2D eigenvalue weighted by Crippen LogP contribution is 2.19. The van der Waals surface area contributed by atoms with Crippen molar-refractivity contribution in [1.29, 1.82) is 0 Å².